The maximum absolute atomic E-state index is 13.8. The summed E-state index contributed by atoms with van der Waals surface area (Å²) < 4.78 is 0. The van der Waals surface area contributed by atoms with Crippen LogP contribution < -0.4 is 31.9 Å². The van der Waals surface area contributed by atoms with E-state index in [1.165, 1.54) is 19.1 Å². The highest BCUT2D eigenvalue weighted by Crippen LogP contribution is 2.38. The van der Waals surface area contributed by atoms with Gasteiger partial charge in [0.05, 0.1) is 29.2 Å². The first-order valence-corrected chi connectivity index (χ1v) is 19.0. The molecule has 2 heterocycles. The highest BCUT2D eigenvalue weighted by molar-refractivity contribution is 6.18. The number of nitrogens with one attached hydrogen (secondary N) is 4. The van der Waals surface area contributed by atoms with E-state index in [1.54, 1.807) is 29.2 Å². The highest BCUT2D eigenvalue weighted by atomic mass is 16.3. The molecule has 0 aliphatic carbocycles. The average Bonchev–Trinajstić information content (AvgIpc) is 3.28. The molecule has 0 aromatic heterocycles. The second-order valence-corrected chi connectivity index (χ2v) is 14.2. The molecule has 13 nitrogen and oxygen atoms in total. The highest BCUT2D eigenvalue weighted by Gasteiger charge is 2.31. The Kier molecular flexibility index (Phi) is 14.6. The quantitative estimate of drug-likeness (QED) is 0.112. The Balaban J connectivity index is 1.06. The molecule has 0 bridgehead atoms. The predicted octanol–water partition coefficient (Wildman–Crippen LogP) is 3.98. The molecule has 2 atom stereocenters. The lowest BCUT2D eigenvalue weighted by molar-refractivity contribution is -0.131. The topological polar surface area (TPSA) is 186 Å². The molecule has 0 unspecified atom stereocenters. The molecule has 2 aliphatic rings. The average molecular weight is 740 g/mol. The number of carbonyl (C=O) groups is 5. The van der Waals surface area contributed by atoms with Crippen molar-refractivity contribution in [2.75, 3.05) is 42.9 Å². The van der Waals surface area contributed by atoms with E-state index in [9.17, 15) is 29.1 Å². The first kappa shape index (κ1) is 39.9. The van der Waals surface area contributed by atoms with E-state index in [2.05, 4.69) is 26.2 Å². The van der Waals surface area contributed by atoms with Crippen LogP contribution in [0.2, 0.25) is 0 Å². The van der Waals surface area contributed by atoms with E-state index in [1.807, 2.05) is 36.4 Å². The molecule has 3 aromatic rings. The maximum Gasteiger partial charge on any atom is 0.257 e. The summed E-state index contributed by atoms with van der Waals surface area (Å²) in [5.74, 6) is -0.771. The van der Waals surface area contributed by atoms with Crippen molar-refractivity contribution in [3.8, 4) is 5.75 Å². The molecule has 13 heteroatoms. The fourth-order valence-electron chi connectivity index (χ4n) is 7.17. The van der Waals surface area contributed by atoms with Crippen LogP contribution in [0, 0.1) is 5.92 Å². The van der Waals surface area contributed by atoms with Gasteiger partial charge in [-0.25, -0.2) is 0 Å². The van der Waals surface area contributed by atoms with Gasteiger partial charge in [0, 0.05) is 19.9 Å². The van der Waals surface area contributed by atoms with Crippen LogP contribution in [0.15, 0.2) is 72.8 Å². The number of unbranched alkanes of at least 4 members (excludes halogenated alkanes) is 2. The van der Waals surface area contributed by atoms with E-state index in [0.717, 1.165) is 50.8 Å². The summed E-state index contributed by atoms with van der Waals surface area (Å²) in [5.41, 5.74) is 8.74. The van der Waals surface area contributed by atoms with Crippen molar-refractivity contribution in [2.24, 2.45) is 11.7 Å². The number of phenolic OH excluding ortho intramolecular Hbond substituents is 1. The summed E-state index contributed by atoms with van der Waals surface area (Å²) in [6.07, 6.45) is 6.71. The van der Waals surface area contributed by atoms with Crippen LogP contribution in [0.25, 0.3) is 0 Å². The maximum atomic E-state index is 13.8. The first-order chi connectivity index (χ1) is 26.1. The number of nitrogens with zero attached hydrogens (tertiary/aromatic N) is 2. The zero-order chi connectivity index (χ0) is 38.5. The number of likely N-dealkylation sites (tertiary alicyclic amines) is 1. The minimum absolute atomic E-state index is 0.0823. The number of hydrogen-bond donors (Lipinski definition) is 6. The van der Waals surface area contributed by atoms with Crippen LogP contribution in [-0.4, -0.2) is 84.3 Å². The van der Waals surface area contributed by atoms with Crippen LogP contribution in [0.3, 0.4) is 0 Å². The largest absolute Gasteiger partial charge is 0.508 e. The Bertz CT molecular complexity index is 1760. The predicted molar refractivity (Wildman–Crippen MR) is 208 cm³/mol. The SMILES string of the molecule is CC(=O)N[C@@H](Cc1ccc(O)cc1)C(=O)N[C@@H](CCCCN)C(=O)NCCCCC1CCN(CC(=O)N2c3ccccc3NC(=O)c3ccccc32)CC1. The second-order valence-electron chi connectivity index (χ2n) is 14.2. The Morgan fingerprint density at radius 2 is 1.56 bits per heavy atom. The lowest BCUT2D eigenvalue weighted by Gasteiger charge is -2.33. The first-order valence-electron chi connectivity index (χ1n) is 19.0. The molecular weight excluding hydrogens is 686 g/mol. The zero-order valence-electron chi connectivity index (χ0n) is 31.0. The summed E-state index contributed by atoms with van der Waals surface area (Å²) in [6.45, 7) is 4.16. The van der Waals surface area contributed by atoms with Crippen LogP contribution in [0.1, 0.15) is 74.2 Å². The van der Waals surface area contributed by atoms with Crippen molar-refractivity contribution < 1.29 is 29.1 Å². The van der Waals surface area contributed by atoms with Crippen molar-refractivity contribution in [1.29, 1.82) is 0 Å². The molecule has 1 fully saturated rings. The van der Waals surface area contributed by atoms with Gasteiger partial charge in [-0.3, -0.25) is 33.8 Å². The van der Waals surface area contributed by atoms with Gasteiger partial charge in [-0.15, -0.1) is 0 Å². The van der Waals surface area contributed by atoms with Crippen LogP contribution >= 0.6 is 0 Å². The van der Waals surface area contributed by atoms with E-state index < -0.39 is 18.0 Å². The van der Waals surface area contributed by atoms with E-state index >= 15 is 0 Å². The van der Waals surface area contributed by atoms with E-state index in [0.29, 0.717) is 60.9 Å². The third-order valence-electron chi connectivity index (χ3n) is 10.1. The van der Waals surface area contributed by atoms with Crippen molar-refractivity contribution in [3.05, 3.63) is 83.9 Å². The fourth-order valence-corrected chi connectivity index (χ4v) is 7.17. The van der Waals surface area contributed by atoms with Crippen LogP contribution in [0.4, 0.5) is 17.1 Å². The zero-order valence-corrected chi connectivity index (χ0v) is 31.0. The number of piperidine rings is 1. The van der Waals surface area contributed by atoms with E-state index in [4.69, 9.17) is 5.73 Å². The Labute approximate surface area is 317 Å². The van der Waals surface area contributed by atoms with Gasteiger partial charge in [0.25, 0.3) is 5.91 Å². The molecule has 0 saturated carbocycles. The lowest BCUT2D eigenvalue weighted by Crippen LogP contribution is -2.54. The van der Waals surface area contributed by atoms with Crippen molar-refractivity contribution >= 4 is 46.6 Å². The number of hydrogen-bond acceptors (Lipinski definition) is 8. The monoisotopic (exact) mass is 739 g/mol. The van der Waals surface area contributed by atoms with Gasteiger partial charge in [-0.05, 0) is 106 Å². The number of aromatic hydroxyl groups is 1. The van der Waals surface area contributed by atoms with Crippen LogP contribution in [0.5, 0.6) is 5.75 Å². The molecule has 1 saturated heterocycles. The van der Waals surface area contributed by atoms with Gasteiger partial charge in [0.15, 0.2) is 0 Å². The number of fused-ring (bicyclic) bond motifs is 2. The van der Waals surface area contributed by atoms with Crippen LogP contribution in [-0.2, 0) is 25.6 Å². The molecule has 3 aromatic carbocycles. The molecule has 0 radical (unpaired) electrons. The number of carbonyl (C=O) groups excluding carboxylic acids is 5. The van der Waals surface area contributed by atoms with Gasteiger partial charge in [0.2, 0.25) is 23.6 Å². The van der Waals surface area contributed by atoms with Crippen molar-refractivity contribution in [3.63, 3.8) is 0 Å². The molecule has 54 heavy (non-hydrogen) atoms. The van der Waals surface area contributed by atoms with Gasteiger partial charge in [-0.1, -0.05) is 49.2 Å². The Morgan fingerprint density at radius 3 is 2.28 bits per heavy atom. The number of anilines is 3. The van der Waals surface area contributed by atoms with E-state index in [-0.39, 0.29) is 42.3 Å². The third kappa shape index (κ3) is 11.1. The smallest absolute Gasteiger partial charge is 0.257 e. The number of para-hydroxylation sites is 3. The number of nitrogens with two attached hydrogens (primary N) is 1. The van der Waals surface area contributed by atoms with Gasteiger partial charge in [0.1, 0.15) is 17.8 Å². The summed E-state index contributed by atoms with van der Waals surface area (Å²) in [4.78, 5) is 69.1. The third-order valence-corrected chi connectivity index (χ3v) is 10.1. The molecule has 5 rings (SSSR count). The van der Waals surface area contributed by atoms with Gasteiger partial charge in [-0.2, -0.15) is 0 Å². The minimum atomic E-state index is -0.882. The standard InChI is InChI=1S/C41H53N7O6/c1-28(49)44-35(26-30-16-18-31(50)19-17-30)41(54)46-34(13-6-8-22-42)40(53)43-23-9-7-10-29-20-24-47(25-21-29)27-38(51)48-36-14-4-2-11-32(36)39(52)45-33-12-3-5-15-37(33)48/h2-5,11-12,14-19,29,34-35,50H,6-10,13,20-27,42H2,1H3,(H,43,53)(H,44,49)(H,45,52)(H,46,54)/t34-,35-/m0/s1. The van der Waals surface area contributed by atoms with Crippen molar-refractivity contribution in [1.82, 2.24) is 20.9 Å². The Hall–Kier alpha value is -5.27. The lowest BCUT2D eigenvalue weighted by atomic mass is 9.91. The molecule has 288 valence electrons. The number of amides is 5. The summed E-state index contributed by atoms with van der Waals surface area (Å²) in [7, 11) is 0. The number of benzene rings is 3. The number of rotatable bonds is 17. The second kappa shape index (κ2) is 19.7. The summed E-state index contributed by atoms with van der Waals surface area (Å²) in [5, 5.41) is 21.1. The molecule has 2 aliphatic heterocycles. The van der Waals surface area contributed by atoms with Gasteiger partial charge >= 0.3 is 0 Å². The van der Waals surface area contributed by atoms with Gasteiger partial charge < -0.3 is 32.1 Å². The molecule has 5 amide bonds. The Morgan fingerprint density at radius 1 is 0.852 bits per heavy atom. The molecule has 7 N–H and O–H groups in total. The summed E-state index contributed by atoms with van der Waals surface area (Å²) in [6, 6.07) is 19.3. The number of phenols is 1. The molecule has 0 spiro atoms. The fraction of sp³-hybridized carbons (Fsp3) is 0.439. The van der Waals surface area contributed by atoms with Crippen molar-refractivity contribution in [2.45, 2.75) is 76.8 Å². The summed E-state index contributed by atoms with van der Waals surface area (Å²) >= 11 is 0. The minimum Gasteiger partial charge on any atom is -0.508 e. The molecular formula is C41H53N7O6. The normalized spacial score (nSPS) is 15.5.